The Morgan fingerprint density at radius 1 is 1.54 bits per heavy atom. The molecule has 72 valence electrons. The highest BCUT2D eigenvalue weighted by Gasteiger charge is 2.32. The molecule has 5 nitrogen and oxygen atoms in total. The van der Waals surface area contributed by atoms with Gasteiger partial charge in [0.15, 0.2) is 0 Å². The van der Waals surface area contributed by atoms with Crippen LogP contribution < -0.4 is 5.84 Å². The molecular weight excluding hydrogens is 168 g/mol. The lowest BCUT2D eigenvalue weighted by atomic mass is 10.2. The molecular formula is C8H14N4O. The molecule has 2 atom stereocenters. The maximum absolute atomic E-state index is 5.72. The van der Waals surface area contributed by atoms with Crippen LogP contribution in [0, 0.1) is 0 Å². The lowest BCUT2D eigenvalue weighted by molar-refractivity contribution is 0.0816. The van der Waals surface area contributed by atoms with Crippen LogP contribution in [0.2, 0.25) is 0 Å². The van der Waals surface area contributed by atoms with E-state index in [1.54, 1.807) is 24.6 Å². The van der Waals surface area contributed by atoms with Gasteiger partial charge in [-0.05, 0) is 0 Å². The number of methoxy groups -OCH3 is 1. The Bertz CT molecular complexity index is 261. The van der Waals surface area contributed by atoms with E-state index in [0.29, 0.717) is 0 Å². The highest BCUT2D eigenvalue weighted by Crippen LogP contribution is 2.21. The Morgan fingerprint density at radius 2 is 2.38 bits per heavy atom. The molecule has 1 aliphatic rings. The number of nitrogens with zero attached hydrogens (tertiary/aromatic N) is 3. The number of ether oxygens (including phenoxy) is 1. The first-order valence-corrected chi connectivity index (χ1v) is 4.31. The average molecular weight is 182 g/mol. The Hall–Kier alpha value is -0.910. The maximum atomic E-state index is 5.72. The Morgan fingerprint density at radius 3 is 3.00 bits per heavy atom. The van der Waals surface area contributed by atoms with Gasteiger partial charge < -0.3 is 9.30 Å². The second-order valence-electron chi connectivity index (χ2n) is 3.31. The van der Waals surface area contributed by atoms with E-state index in [0.717, 1.165) is 13.1 Å². The first kappa shape index (κ1) is 8.68. The third kappa shape index (κ3) is 1.58. The standard InChI is InChI=1S/C8H14N4O/c1-13-8-5-12(9)4-7(8)11-3-2-10-6-11/h2-3,6-8H,4-5,9H2,1H3. The monoisotopic (exact) mass is 182 g/mol. The van der Waals surface area contributed by atoms with Crippen LogP contribution in [-0.2, 0) is 4.74 Å². The molecule has 2 rings (SSSR count). The summed E-state index contributed by atoms with van der Waals surface area (Å²) in [5.41, 5.74) is 0. The van der Waals surface area contributed by atoms with E-state index in [1.807, 2.05) is 10.8 Å². The van der Waals surface area contributed by atoms with Gasteiger partial charge in [0.1, 0.15) is 0 Å². The first-order valence-electron chi connectivity index (χ1n) is 4.31. The zero-order valence-electron chi connectivity index (χ0n) is 7.63. The molecule has 1 fully saturated rings. The highest BCUT2D eigenvalue weighted by atomic mass is 16.5. The van der Waals surface area contributed by atoms with Gasteiger partial charge in [0, 0.05) is 32.6 Å². The fourth-order valence-corrected chi connectivity index (χ4v) is 1.77. The number of imidazole rings is 1. The molecule has 5 heteroatoms. The fraction of sp³-hybridized carbons (Fsp3) is 0.625. The fourth-order valence-electron chi connectivity index (χ4n) is 1.77. The van der Waals surface area contributed by atoms with Crippen molar-refractivity contribution < 1.29 is 4.74 Å². The topological polar surface area (TPSA) is 56.3 Å². The summed E-state index contributed by atoms with van der Waals surface area (Å²) in [5, 5.41) is 1.78. The second-order valence-corrected chi connectivity index (χ2v) is 3.31. The minimum absolute atomic E-state index is 0.166. The summed E-state index contributed by atoms with van der Waals surface area (Å²) in [6, 6.07) is 0.289. The van der Waals surface area contributed by atoms with Gasteiger partial charge >= 0.3 is 0 Å². The summed E-state index contributed by atoms with van der Waals surface area (Å²) < 4.78 is 7.39. The molecule has 13 heavy (non-hydrogen) atoms. The van der Waals surface area contributed by atoms with Crippen molar-refractivity contribution in [2.45, 2.75) is 12.1 Å². The number of hydrogen-bond donors (Lipinski definition) is 1. The molecule has 2 N–H and O–H groups in total. The van der Waals surface area contributed by atoms with Crippen LogP contribution in [0.5, 0.6) is 0 Å². The lowest BCUT2D eigenvalue weighted by Gasteiger charge is -2.17. The van der Waals surface area contributed by atoms with E-state index in [1.165, 1.54) is 0 Å². The van der Waals surface area contributed by atoms with E-state index < -0.39 is 0 Å². The van der Waals surface area contributed by atoms with E-state index in [4.69, 9.17) is 10.6 Å². The van der Waals surface area contributed by atoms with Gasteiger partial charge in [-0.15, -0.1) is 0 Å². The molecule has 1 aromatic heterocycles. The van der Waals surface area contributed by atoms with Crippen LogP contribution in [0.1, 0.15) is 6.04 Å². The minimum atomic E-state index is 0.166. The normalized spacial score (nSPS) is 29.7. The molecule has 0 spiro atoms. The van der Waals surface area contributed by atoms with Crippen LogP contribution in [0.4, 0.5) is 0 Å². The molecule has 0 radical (unpaired) electrons. The van der Waals surface area contributed by atoms with Crippen LogP contribution in [0.15, 0.2) is 18.7 Å². The number of rotatable bonds is 2. The van der Waals surface area contributed by atoms with Gasteiger partial charge in [0.05, 0.1) is 18.5 Å². The SMILES string of the molecule is COC1CN(N)CC1n1ccnc1. The van der Waals surface area contributed by atoms with Crippen molar-refractivity contribution in [1.82, 2.24) is 14.6 Å². The van der Waals surface area contributed by atoms with E-state index >= 15 is 0 Å². The second kappa shape index (κ2) is 3.45. The molecule has 0 aromatic carbocycles. The van der Waals surface area contributed by atoms with Crippen molar-refractivity contribution in [3.8, 4) is 0 Å². The van der Waals surface area contributed by atoms with Gasteiger partial charge in [-0.1, -0.05) is 0 Å². The molecule has 1 aliphatic heterocycles. The van der Waals surface area contributed by atoms with E-state index in [-0.39, 0.29) is 12.1 Å². The molecule has 0 saturated carbocycles. The van der Waals surface area contributed by atoms with Crippen molar-refractivity contribution in [1.29, 1.82) is 0 Å². The number of hydrazine groups is 1. The van der Waals surface area contributed by atoms with Gasteiger partial charge in [-0.3, -0.25) is 5.84 Å². The van der Waals surface area contributed by atoms with Gasteiger partial charge in [-0.25, -0.2) is 9.99 Å². The quantitative estimate of drug-likeness (QED) is 0.634. The van der Waals surface area contributed by atoms with Crippen LogP contribution in [-0.4, -0.2) is 40.9 Å². The largest absolute Gasteiger partial charge is 0.378 e. The van der Waals surface area contributed by atoms with Crippen molar-refractivity contribution in [2.75, 3.05) is 20.2 Å². The van der Waals surface area contributed by atoms with Crippen molar-refractivity contribution in [2.24, 2.45) is 5.84 Å². The zero-order valence-corrected chi connectivity index (χ0v) is 7.63. The summed E-state index contributed by atoms with van der Waals surface area (Å²) >= 11 is 0. The highest BCUT2D eigenvalue weighted by molar-refractivity contribution is 4.91. The summed E-state index contributed by atoms with van der Waals surface area (Å²) in [6.07, 6.45) is 5.68. The Balaban J connectivity index is 2.14. The number of nitrogens with two attached hydrogens (primary N) is 1. The third-order valence-corrected chi connectivity index (χ3v) is 2.48. The molecule has 1 saturated heterocycles. The molecule has 2 heterocycles. The van der Waals surface area contributed by atoms with Crippen LogP contribution >= 0.6 is 0 Å². The van der Waals surface area contributed by atoms with Crippen LogP contribution in [0.25, 0.3) is 0 Å². The zero-order chi connectivity index (χ0) is 9.26. The average Bonchev–Trinajstić information content (AvgIpc) is 2.71. The van der Waals surface area contributed by atoms with Gasteiger partial charge in [-0.2, -0.15) is 0 Å². The van der Waals surface area contributed by atoms with Crippen molar-refractivity contribution in [3.63, 3.8) is 0 Å². The Kier molecular flexibility index (Phi) is 2.30. The molecule has 0 aliphatic carbocycles. The number of aromatic nitrogens is 2. The maximum Gasteiger partial charge on any atom is 0.0949 e. The van der Waals surface area contributed by atoms with E-state index in [9.17, 15) is 0 Å². The molecule has 0 bridgehead atoms. The van der Waals surface area contributed by atoms with Crippen LogP contribution in [0.3, 0.4) is 0 Å². The first-order chi connectivity index (χ1) is 6.31. The smallest absolute Gasteiger partial charge is 0.0949 e. The summed E-state index contributed by atoms with van der Waals surface area (Å²) in [7, 11) is 1.72. The summed E-state index contributed by atoms with van der Waals surface area (Å²) in [5.74, 6) is 5.72. The predicted molar refractivity (Wildman–Crippen MR) is 47.8 cm³/mol. The molecule has 2 unspecified atom stereocenters. The van der Waals surface area contributed by atoms with E-state index in [2.05, 4.69) is 4.98 Å². The lowest BCUT2D eigenvalue weighted by Crippen LogP contribution is -2.29. The summed E-state index contributed by atoms with van der Waals surface area (Å²) in [4.78, 5) is 4.01. The van der Waals surface area contributed by atoms with Crippen molar-refractivity contribution >= 4 is 0 Å². The minimum Gasteiger partial charge on any atom is -0.378 e. The van der Waals surface area contributed by atoms with Gasteiger partial charge in [0.2, 0.25) is 0 Å². The number of hydrogen-bond acceptors (Lipinski definition) is 4. The predicted octanol–water partition coefficient (Wildman–Crippen LogP) is -0.371. The summed E-state index contributed by atoms with van der Waals surface area (Å²) in [6.45, 7) is 1.59. The van der Waals surface area contributed by atoms with Crippen molar-refractivity contribution in [3.05, 3.63) is 18.7 Å². The molecule has 0 amide bonds. The third-order valence-electron chi connectivity index (χ3n) is 2.48. The molecule has 1 aromatic rings. The van der Waals surface area contributed by atoms with Gasteiger partial charge in [0.25, 0.3) is 0 Å². The Labute approximate surface area is 77.1 Å².